The number of nitrogens with one attached hydrogen (secondary N) is 1. The summed E-state index contributed by atoms with van der Waals surface area (Å²) in [5, 5.41) is 12.7. The van der Waals surface area contributed by atoms with E-state index >= 15 is 0 Å². The van der Waals surface area contributed by atoms with Gasteiger partial charge in [0.15, 0.2) is 0 Å². The van der Waals surface area contributed by atoms with Crippen LogP contribution in [0, 0.1) is 5.41 Å². The first-order chi connectivity index (χ1) is 8.96. The number of carbonyl (C=O) groups excluding carboxylic acids is 1. The van der Waals surface area contributed by atoms with Crippen LogP contribution in [0.5, 0.6) is 0 Å². The normalized spacial score (nSPS) is 26.3. The summed E-state index contributed by atoms with van der Waals surface area (Å²) in [4.78, 5) is 12.3. The van der Waals surface area contributed by atoms with E-state index in [-0.39, 0.29) is 35.9 Å². The van der Waals surface area contributed by atoms with Crippen LogP contribution < -0.4 is 11.1 Å². The van der Waals surface area contributed by atoms with Crippen molar-refractivity contribution in [1.82, 2.24) is 5.32 Å². The minimum absolute atomic E-state index is 0.0211. The number of aliphatic hydroxyl groups is 1. The number of benzene rings is 1. The molecule has 1 aliphatic carbocycles. The maximum absolute atomic E-state index is 12.3. The highest BCUT2D eigenvalue weighted by Crippen LogP contribution is 2.40. The van der Waals surface area contributed by atoms with Gasteiger partial charge in [0.05, 0.1) is 12.0 Å². The number of hydrogen-bond donors (Lipinski definition) is 3. The molecule has 19 heavy (non-hydrogen) atoms. The van der Waals surface area contributed by atoms with Crippen molar-refractivity contribution >= 4 is 5.91 Å². The maximum atomic E-state index is 12.3. The van der Waals surface area contributed by atoms with Gasteiger partial charge < -0.3 is 16.2 Å². The molecule has 0 aliphatic heterocycles. The maximum Gasteiger partial charge on any atom is 0.229 e. The summed E-state index contributed by atoms with van der Waals surface area (Å²) in [7, 11) is 0. The first kappa shape index (κ1) is 14.0. The van der Waals surface area contributed by atoms with Crippen LogP contribution in [0.1, 0.15) is 31.7 Å². The molecule has 4 heteroatoms. The number of amides is 1. The monoisotopic (exact) mass is 262 g/mol. The Kier molecular flexibility index (Phi) is 3.92. The molecular weight excluding hydrogens is 240 g/mol. The van der Waals surface area contributed by atoms with Crippen molar-refractivity contribution in [2.75, 3.05) is 6.54 Å². The first-order valence-electron chi connectivity index (χ1n) is 6.70. The molecule has 1 aromatic carbocycles. The van der Waals surface area contributed by atoms with Crippen LogP contribution in [0.4, 0.5) is 0 Å². The minimum Gasteiger partial charge on any atom is -0.392 e. The topological polar surface area (TPSA) is 75.3 Å². The van der Waals surface area contributed by atoms with Crippen LogP contribution in [0.15, 0.2) is 30.3 Å². The smallest absolute Gasteiger partial charge is 0.229 e. The Morgan fingerprint density at radius 2 is 2.11 bits per heavy atom. The second-order valence-electron chi connectivity index (χ2n) is 5.83. The summed E-state index contributed by atoms with van der Waals surface area (Å²) in [6, 6.07) is 9.58. The molecule has 4 nitrogen and oxygen atoms in total. The summed E-state index contributed by atoms with van der Waals surface area (Å²) in [6.45, 7) is 4.21. The second-order valence-corrected chi connectivity index (χ2v) is 5.83. The van der Waals surface area contributed by atoms with Gasteiger partial charge in [-0.15, -0.1) is 0 Å². The predicted octanol–water partition coefficient (Wildman–Crippen LogP) is 1.00. The standard InChI is InChI=1S/C15H22N2O2/c1-15(2)12(8-13(15)18)17-14(19)11(9-16)10-6-4-3-5-7-10/h3-7,11-13,18H,8-9,16H2,1-2H3,(H,17,19). The van der Waals surface area contributed by atoms with Crippen molar-refractivity contribution in [1.29, 1.82) is 0 Å². The van der Waals surface area contributed by atoms with E-state index in [0.717, 1.165) is 5.56 Å². The van der Waals surface area contributed by atoms with Gasteiger partial charge in [-0.25, -0.2) is 0 Å². The van der Waals surface area contributed by atoms with Crippen molar-refractivity contribution in [3.05, 3.63) is 35.9 Å². The van der Waals surface area contributed by atoms with Gasteiger partial charge in [-0.05, 0) is 12.0 Å². The Morgan fingerprint density at radius 3 is 2.58 bits per heavy atom. The lowest BCUT2D eigenvalue weighted by molar-refractivity contribution is -0.130. The Bertz CT molecular complexity index is 445. The summed E-state index contributed by atoms with van der Waals surface area (Å²) < 4.78 is 0. The van der Waals surface area contributed by atoms with E-state index in [9.17, 15) is 9.90 Å². The number of hydrogen-bond acceptors (Lipinski definition) is 3. The third-order valence-corrected chi connectivity index (χ3v) is 4.29. The zero-order valence-electron chi connectivity index (χ0n) is 11.5. The highest BCUT2D eigenvalue weighted by atomic mass is 16.3. The fourth-order valence-electron chi connectivity index (χ4n) is 2.50. The van der Waals surface area contributed by atoms with Gasteiger partial charge in [-0.1, -0.05) is 44.2 Å². The van der Waals surface area contributed by atoms with Crippen LogP contribution in [0.25, 0.3) is 0 Å². The van der Waals surface area contributed by atoms with Gasteiger partial charge in [-0.2, -0.15) is 0 Å². The molecule has 0 radical (unpaired) electrons. The van der Waals surface area contributed by atoms with Crippen molar-refractivity contribution in [3.8, 4) is 0 Å². The lowest BCUT2D eigenvalue weighted by Crippen LogP contribution is -2.61. The van der Waals surface area contributed by atoms with E-state index in [2.05, 4.69) is 5.32 Å². The highest BCUT2D eigenvalue weighted by Gasteiger charge is 2.48. The lowest BCUT2D eigenvalue weighted by atomic mass is 9.64. The molecule has 1 aromatic rings. The average Bonchev–Trinajstić information content (AvgIpc) is 2.40. The molecule has 1 amide bonds. The average molecular weight is 262 g/mol. The number of nitrogens with two attached hydrogens (primary N) is 1. The third kappa shape index (κ3) is 2.65. The Balaban J connectivity index is 2.03. The molecule has 0 heterocycles. The zero-order chi connectivity index (χ0) is 14.0. The van der Waals surface area contributed by atoms with E-state index in [1.54, 1.807) is 0 Å². The number of carbonyl (C=O) groups is 1. The van der Waals surface area contributed by atoms with Crippen LogP contribution in [0.2, 0.25) is 0 Å². The quantitative estimate of drug-likeness (QED) is 0.758. The molecular formula is C15H22N2O2. The molecule has 0 bridgehead atoms. The van der Waals surface area contributed by atoms with Crippen LogP contribution >= 0.6 is 0 Å². The van der Waals surface area contributed by atoms with E-state index < -0.39 is 0 Å². The number of aliphatic hydroxyl groups excluding tert-OH is 1. The van der Waals surface area contributed by atoms with Crippen molar-refractivity contribution in [2.45, 2.75) is 38.3 Å². The fourth-order valence-corrected chi connectivity index (χ4v) is 2.50. The van der Waals surface area contributed by atoms with Gasteiger partial charge in [-0.3, -0.25) is 4.79 Å². The minimum atomic E-state index is -0.342. The molecule has 0 aromatic heterocycles. The molecule has 0 spiro atoms. The molecule has 1 fully saturated rings. The van der Waals surface area contributed by atoms with Gasteiger partial charge in [0.1, 0.15) is 0 Å². The largest absolute Gasteiger partial charge is 0.392 e. The van der Waals surface area contributed by atoms with E-state index in [1.165, 1.54) is 0 Å². The Morgan fingerprint density at radius 1 is 1.47 bits per heavy atom. The van der Waals surface area contributed by atoms with Gasteiger partial charge in [0, 0.05) is 18.0 Å². The molecule has 0 saturated heterocycles. The van der Waals surface area contributed by atoms with Crippen LogP contribution in [0.3, 0.4) is 0 Å². The van der Waals surface area contributed by atoms with Gasteiger partial charge >= 0.3 is 0 Å². The van der Waals surface area contributed by atoms with Crippen molar-refractivity contribution < 1.29 is 9.90 Å². The lowest BCUT2D eigenvalue weighted by Gasteiger charge is -2.49. The summed E-state index contributed by atoms with van der Waals surface area (Å²) >= 11 is 0. The molecule has 3 atom stereocenters. The van der Waals surface area contributed by atoms with Gasteiger partial charge in [0.2, 0.25) is 5.91 Å². The van der Waals surface area contributed by atoms with Crippen LogP contribution in [-0.4, -0.2) is 29.7 Å². The Labute approximate surface area is 114 Å². The molecule has 1 aliphatic rings. The van der Waals surface area contributed by atoms with E-state index in [1.807, 2.05) is 44.2 Å². The zero-order valence-corrected chi connectivity index (χ0v) is 11.5. The second kappa shape index (κ2) is 5.31. The van der Waals surface area contributed by atoms with E-state index in [0.29, 0.717) is 6.42 Å². The summed E-state index contributed by atoms with van der Waals surface area (Å²) in [6.07, 6.45) is 0.274. The molecule has 3 unspecified atom stereocenters. The highest BCUT2D eigenvalue weighted by molar-refractivity contribution is 5.84. The van der Waals surface area contributed by atoms with Crippen molar-refractivity contribution in [2.24, 2.45) is 11.1 Å². The number of rotatable bonds is 4. The molecule has 1 saturated carbocycles. The Hall–Kier alpha value is -1.39. The molecule has 104 valence electrons. The molecule has 2 rings (SSSR count). The van der Waals surface area contributed by atoms with Crippen molar-refractivity contribution in [3.63, 3.8) is 0 Å². The van der Waals surface area contributed by atoms with Crippen LogP contribution in [-0.2, 0) is 4.79 Å². The SMILES string of the molecule is CC1(C)C(O)CC1NC(=O)C(CN)c1ccccc1. The first-order valence-corrected chi connectivity index (χ1v) is 6.70. The summed E-state index contributed by atoms with van der Waals surface area (Å²) in [5.41, 5.74) is 6.40. The fraction of sp³-hybridized carbons (Fsp3) is 0.533. The van der Waals surface area contributed by atoms with E-state index in [4.69, 9.17) is 5.73 Å². The molecule has 4 N–H and O–H groups in total. The predicted molar refractivity (Wildman–Crippen MR) is 74.6 cm³/mol. The van der Waals surface area contributed by atoms with Gasteiger partial charge in [0.25, 0.3) is 0 Å². The third-order valence-electron chi connectivity index (χ3n) is 4.29. The summed E-state index contributed by atoms with van der Waals surface area (Å²) in [5.74, 6) is -0.381.